The topological polar surface area (TPSA) is 37.4 Å². The van der Waals surface area contributed by atoms with Crippen LogP contribution in [0.5, 0.6) is 0 Å². The first kappa shape index (κ1) is 18.5. The first-order valence-electron chi connectivity index (χ1n) is 7.29. The number of hydrogen-bond acceptors (Lipinski definition) is 3. The van der Waals surface area contributed by atoms with Gasteiger partial charge in [-0.25, -0.2) is 12.8 Å². The van der Waals surface area contributed by atoms with Crippen LogP contribution in [0, 0.1) is 18.2 Å². The van der Waals surface area contributed by atoms with E-state index in [1.165, 1.54) is 24.3 Å². The highest BCUT2D eigenvalue weighted by Crippen LogP contribution is 2.16. The summed E-state index contributed by atoms with van der Waals surface area (Å²) >= 11 is 5.78. The zero-order chi connectivity index (χ0) is 17.6. The molecule has 0 amide bonds. The molecule has 0 saturated carbocycles. The Hall–Kier alpha value is -1.87. The minimum Gasteiger partial charge on any atom is -0.287 e. The monoisotopic (exact) mass is 365 g/mol. The summed E-state index contributed by atoms with van der Waals surface area (Å²) < 4.78 is 37.7. The Bertz CT molecular complexity index is 812. The normalized spacial score (nSPS) is 11.4. The molecule has 0 spiro atoms. The lowest BCUT2D eigenvalue weighted by Gasteiger charge is -2.20. The molecule has 6 heteroatoms. The van der Waals surface area contributed by atoms with Gasteiger partial charge in [-0.1, -0.05) is 29.7 Å². The molecule has 0 saturated heterocycles. The number of hydrogen-bond donors (Lipinski definition) is 0. The predicted molar refractivity (Wildman–Crippen MR) is 94.0 cm³/mol. The van der Waals surface area contributed by atoms with E-state index in [-0.39, 0.29) is 23.0 Å². The van der Waals surface area contributed by atoms with Crippen LogP contribution < -0.4 is 0 Å². The molecule has 2 rings (SSSR count). The van der Waals surface area contributed by atoms with E-state index in [0.29, 0.717) is 18.1 Å². The van der Waals surface area contributed by atoms with E-state index < -0.39 is 9.84 Å². The van der Waals surface area contributed by atoms with Crippen molar-refractivity contribution < 1.29 is 12.8 Å². The van der Waals surface area contributed by atoms with Gasteiger partial charge in [0.15, 0.2) is 9.84 Å². The summed E-state index contributed by atoms with van der Waals surface area (Å²) in [6, 6.07) is 12.1. The number of rotatable bonds is 7. The van der Waals surface area contributed by atoms with Gasteiger partial charge >= 0.3 is 0 Å². The summed E-state index contributed by atoms with van der Waals surface area (Å²) in [5, 5.41) is 0.485. The molecule has 2 aromatic rings. The van der Waals surface area contributed by atoms with Crippen LogP contribution in [0.4, 0.5) is 4.39 Å². The summed E-state index contributed by atoms with van der Waals surface area (Å²) in [6.07, 6.45) is 5.36. The van der Waals surface area contributed by atoms with Crippen molar-refractivity contribution in [2.24, 2.45) is 0 Å². The van der Waals surface area contributed by atoms with Crippen molar-refractivity contribution in [3.8, 4) is 12.3 Å². The lowest BCUT2D eigenvalue weighted by molar-refractivity contribution is 0.316. The zero-order valence-electron chi connectivity index (χ0n) is 13.0. The van der Waals surface area contributed by atoms with E-state index in [1.54, 1.807) is 24.3 Å². The van der Waals surface area contributed by atoms with E-state index in [4.69, 9.17) is 18.0 Å². The maximum Gasteiger partial charge on any atom is 0.179 e. The van der Waals surface area contributed by atoms with Crippen molar-refractivity contribution in [3.63, 3.8) is 0 Å². The first-order valence-corrected chi connectivity index (χ1v) is 9.32. The van der Waals surface area contributed by atoms with E-state index >= 15 is 0 Å². The molecule has 0 fully saturated rings. The third kappa shape index (κ3) is 5.34. The number of halogens is 2. The van der Waals surface area contributed by atoms with Gasteiger partial charge in [0.1, 0.15) is 5.82 Å². The molecule has 0 radical (unpaired) electrons. The van der Waals surface area contributed by atoms with Crippen LogP contribution in [0.1, 0.15) is 5.56 Å². The first-order chi connectivity index (χ1) is 11.4. The zero-order valence-corrected chi connectivity index (χ0v) is 14.5. The van der Waals surface area contributed by atoms with Gasteiger partial charge in [0.25, 0.3) is 0 Å². The molecule has 0 unspecified atom stereocenters. The van der Waals surface area contributed by atoms with Gasteiger partial charge in [-0.15, -0.1) is 6.42 Å². The maximum absolute atomic E-state index is 13.0. The Labute approximate surface area is 147 Å². The van der Waals surface area contributed by atoms with Gasteiger partial charge in [0, 0.05) is 18.1 Å². The number of benzene rings is 2. The van der Waals surface area contributed by atoms with Crippen molar-refractivity contribution in [2.75, 3.05) is 18.8 Å². The van der Waals surface area contributed by atoms with Gasteiger partial charge < -0.3 is 0 Å². The lowest BCUT2D eigenvalue weighted by Crippen LogP contribution is -2.29. The minimum absolute atomic E-state index is 0.0580. The second-order valence-corrected chi connectivity index (χ2v) is 7.86. The average molecular weight is 366 g/mol. The van der Waals surface area contributed by atoms with Crippen LogP contribution in [0.25, 0.3) is 0 Å². The van der Waals surface area contributed by atoms with E-state index in [0.717, 1.165) is 5.56 Å². The fourth-order valence-corrected chi connectivity index (χ4v) is 3.61. The Morgan fingerprint density at radius 3 is 2.29 bits per heavy atom. The van der Waals surface area contributed by atoms with E-state index in [9.17, 15) is 12.8 Å². The summed E-state index contributed by atoms with van der Waals surface area (Å²) in [6.45, 7) is 1.06. The van der Waals surface area contributed by atoms with Crippen LogP contribution >= 0.6 is 11.6 Å². The van der Waals surface area contributed by atoms with Gasteiger partial charge in [-0.3, -0.25) is 4.90 Å². The molecule has 0 N–H and O–H groups in total. The van der Waals surface area contributed by atoms with Gasteiger partial charge in [0.05, 0.1) is 17.2 Å². The average Bonchev–Trinajstić information content (AvgIpc) is 2.55. The Morgan fingerprint density at radius 2 is 1.71 bits per heavy atom. The Balaban J connectivity index is 2.03. The molecule has 0 aromatic heterocycles. The van der Waals surface area contributed by atoms with Gasteiger partial charge in [-0.2, -0.15) is 0 Å². The van der Waals surface area contributed by atoms with Crippen molar-refractivity contribution in [2.45, 2.75) is 11.4 Å². The summed E-state index contributed by atoms with van der Waals surface area (Å²) in [7, 11) is -3.42. The summed E-state index contributed by atoms with van der Waals surface area (Å²) in [4.78, 5) is 2.06. The molecular weight excluding hydrogens is 349 g/mol. The standard InChI is InChI=1S/C18H17ClFNO2S/c1-2-11-21(14-15-3-7-17(20)8-4-15)12-13-24(22,23)18-9-5-16(19)6-10-18/h1,3-10H,11-14H2. The fourth-order valence-electron chi connectivity index (χ4n) is 2.20. The molecule has 0 bridgehead atoms. The smallest absolute Gasteiger partial charge is 0.179 e. The van der Waals surface area contributed by atoms with Crippen LogP contribution in [0.15, 0.2) is 53.4 Å². The highest BCUT2D eigenvalue weighted by molar-refractivity contribution is 7.91. The van der Waals surface area contributed by atoms with Crippen LogP contribution in [0.2, 0.25) is 5.02 Å². The van der Waals surface area contributed by atoms with Crippen molar-refractivity contribution >= 4 is 21.4 Å². The van der Waals surface area contributed by atoms with Crippen molar-refractivity contribution in [1.29, 1.82) is 0 Å². The van der Waals surface area contributed by atoms with E-state index in [2.05, 4.69) is 5.92 Å². The Morgan fingerprint density at radius 1 is 1.08 bits per heavy atom. The van der Waals surface area contributed by atoms with Crippen molar-refractivity contribution in [1.82, 2.24) is 4.90 Å². The summed E-state index contributed by atoms with van der Waals surface area (Å²) in [5.74, 6) is 2.15. The van der Waals surface area contributed by atoms with Gasteiger partial charge in [-0.05, 0) is 42.0 Å². The highest BCUT2D eigenvalue weighted by Gasteiger charge is 2.16. The minimum atomic E-state index is -3.42. The molecule has 2 aromatic carbocycles. The molecule has 0 atom stereocenters. The van der Waals surface area contributed by atoms with Crippen molar-refractivity contribution in [3.05, 3.63) is 64.9 Å². The molecular formula is C18H17ClFNO2S. The molecule has 24 heavy (non-hydrogen) atoms. The molecule has 3 nitrogen and oxygen atoms in total. The second-order valence-electron chi connectivity index (χ2n) is 5.31. The Kier molecular flexibility index (Phi) is 6.38. The molecule has 0 aliphatic rings. The third-order valence-electron chi connectivity index (χ3n) is 3.48. The molecule has 0 heterocycles. The van der Waals surface area contributed by atoms with Crippen LogP contribution in [0.3, 0.4) is 0 Å². The number of terminal acetylenes is 1. The molecule has 126 valence electrons. The summed E-state index contributed by atoms with van der Waals surface area (Å²) in [5.41, 5.74) is 0.871. The van der Waals surface area contributed by atoms with Crippen LogP contribution in [-0.2, 0) is 16.4 Å². The second kappa shape index (κ2) is 8.29. The number of sulfone groups is 1. The van der Waals surface area contributed by atoms with Crippen LogP contribution in [-0.4, -0.2) is 32.2 Å². The SMILES string of the molecule is C#CCN(CCS(=O)(=O)c1ccc(Cl)cc1)Cc1ccc(F)cc1. The maximum atomic E-state index is 13.0. The van der Waals surface area contributed by atoms with E-state index in [1.807, 2.05) is 4.90 Å². The quantitative estimate of drug-likeness (QED) is 0.706. The molecule has 0 aliphatic heterocycles. The molecule has 0 aliphatic carbocycles. The number of nitrogens with zero attached hydrogens (tertiary/aromatic N) is 1. The van der Waals surface area contributed by atoms with Gasteiger partial charge in [0.2, 0.25) is 0 Å². The largest absolute Gasteiger partial charge is 0.287 e. The fraction of sp³-hybridized carbons (Fsp3) is 0.222. The third-order valence-corrected chi connectivity index (χ3v) is 5.45. The lowest BCUT2D eigenvalue weighted by atomic mass is 10.2. The highest BCUT2D eigenvalue weighted by atomic mass is 35.5. The predicted octanol–water partition coefficient (Wildman–Crippen LogP) is 3.39.